The number of carbonyl (C=O) groups is 1. The Labute approximate surface area is 225 Å². The minimum absolute atomic E-state index is 0.0243. The number of ether oxygens (including phenoxy) is 1. The molecule has 0 unspecified atom stereocenters. The Morgan fingerprint density at radius 2 is 1.54 bits per heavy atom. The molecule has 1 heterocycles. The molecule has 1 aromatic heterocycles. The van der Waals surface area contributed by atoms with Gasteiger partial charge in [-0.2, -0.15) is 0 Å². The second kappa shape index (κ2) is 11.7. The molecule has 8 heteroatoms. The molecule has 1 amide bonds. The van der Waals surface area contributed by atoms with Gasteiger partial charge in [0.2, 0.25) is 0 Å². The van der Waals surface area contributed by atoms with Gasteiger partial charge in [0.15, 0.2) is 10.9 Å². The van der Waals surface area contributed by atoms with Crippen LogP contribution >= 0.6 is 11.6 Å². The van der Waals surface area contributed by atoms with E-state index in [1.807, 2.05) is 60.7 Å². The van der Waals surface area contributed by atoms with E-state index in [1.165, 1.54) is 6.20 Å². The third kappa shape index (κ3) is 6.92. The third-order valence-electron chi connectivity index (χ3n) is 6.63. The average Bonchev–Trinajstić information content (AvgIpc) is 2.84. The van der Waals surface area contributed by atoms with Gasteiger partial charge >= 0.3 is 6.09 Å². The number of aromatic hydroxyl groups is 1. The molecule has 3 N–H and O–H groups in total. The van der Waals surface area contributed by atoms with Crippen molar-refractivity contribution in [3.8, 4) is 5.75 Å². The summed E-state index contributed by atoms with van der Waals surface area (Å²) < 4.78 is 5.46. The highest BCUT2D eigenvalue weighted by Crippen LogP contribution is 2.41. The van der Waals surface area contributed by atoms with Crippen LogP contribution in [0.15, 0.2) is 72.9 Å². The van der Waals surface area contributed by atoms with E-state index in [2.05, 4.69) is 24.1 Å². The SMILES string of the molecule is CC(C)(C)OC(=O)N[C@@H](CCCC(C)(C)[Si](O)(c1ccccc1)c1ccccc1)c1ccnc(Cl)c1O. The van der Waals surface area contributed by atoms with Crippen molar-refractivity contribution in [3.05, 3.63) is 83.6 Å². The summed E-state index contributed by atoms with van der Waals surface area (Å²) in [6, 6.07) is 20.9. The van der Waals surface area contributed by atoms with Crippen LogP contribution in [0, 0.1) is 0 Å². The topological polar surface area (TPSA) is 91.7 Å². The van der Waals surface area contributed by atoms with E-state index in [4.69, 9.17) is 16.3 Å². The van der Waals surface area contributed by atoms with Crippen LogP contribution in [0.3, 0.4) is 0 Å². The predicted octanol–water partition coefficient (Wildman–Crippen LogP) is 5.71. The van der Waals surface area contributed by atoms with E-state index in [-0.39, 0.29) is 10.9 Å². The number of halogens is 1. The number of amides is 1. The first-order valence-corrected chi connectivity index (χ1v) is 14.8. The van der Waals surface area contributed by atoms with Gasteiger partial charge < -0.3 is 20.0 Å². The highest BCUT2D eigenvalue weighted by atomic mass is 35.5. The summed E-state index contributed by atoms with van der Waals surface area (Å²) >= 11 is 6.07. The van der Waals surface area contributed by atoms with Gasteiger partial charge in [0.1, 0.15) is 5.60 Å². The largest absolute Gasteiger partial charge is 0.504 e. The Balaban J connectivity index is 1.86. The number of nitrogens with zero attached hydrogens (tertiary/aromatic N) is 1. The number of rotatable bonds is 9. The lowest BCUT2D eigenvalue weighted by Gasteiger charge is -2.41. The van der Waals surface area contributed by atoms with Crippen LogP contribution in [0.4, 0.5) is 4.79 Å². The molecule has 0 spiro atoms. The van der Waals surface area contributed by atoms with Gasteiger partial charge in [-0.05, 0) is 55.1 Å². The van der Waals surface area contributed by atoms with Crippen LogP contribution in [-0.2, 0) is 4.74 Å². The first-order chi connectivity index (χ1) is 17.3. The standard InChI is InChI=1S/C29H37ClN2O4Si/c1-28(2,3)36-27(34)32-24(23-18-20-31-26(30)25(23)33)17-12-19-29(4,5)37(35,21-13-8-6-9-14-21)22-15-10-7-11-16-22/h6-11,13-16,18,20,24,33,35H,12,17,19H2,1-5H3,(H,32,34)/t24-/m0/s1. The molecule has 0 aliphatic rings. The molecule has 2 aromatic carbocycles. The van der Waals surface area contributed by atoms with Crippen LogP contribution < -0.4 is 15.7 Å². The van der Waals surface area contributed by atoms with Crippen LogP contribution in [0.25, 0.3) is 0 Å². The van der Waals surface area contributed by atoms with Gasteiger partial charge in [0, 0.05) is 11.8 Å². The highest BCUT2D eigenvalue weighted by molar-refractivity contribution is 6.98. The van der Waals surface area contributed by atoms with E-state index in [0.29, 0.717) is 24.8 Å². The second-order valence-electron chi connectivity index (χ2n) is 11.0. The Bertz CT molecular complexity index is 1140. The number of aromatic nitrogens is 1. The molecule has 198 valence electrons. The van der Waals surface area contributed by atoms with Gasteiger partial charge in [-0.15, -0.1) is 0 Å². The Morgan fingerprint density at radius 3 is 2.05 bits per heavy atom. The lowest BCUT2D eigenvalue weighted by Crippen LogP contribution is -2.65. The van der Waals surface area contributed by atoms with E-state index >= 15 is 0 Å². The molecule has 0 saturated heterocycles. The summed E-state index contributed by atoms with van der Waals surface area (Å²) in [6.07, 6.45) is 2.78. The molecule has 1 atom stereocenters. The number of benzene rings is 2. The first-order valence-electron chi connectivity index (χ1n) is 12.5. The molecule has 3 aromatic rings. The fraction of sp³-hybridized carbons (Fsp3) is 0.379. The molecule has 0 aliphatic heterocycles. The van der Waals surface area contributed by atoms with Gasteiger partial charge in [-0.25, -0.2) is 9.78 Å². The lowest BCUT2D eigenvalue weighted by atomic mass is 9.97. The summed E-state index contributed by atoms with van der Waals surface area (Å²) in [6.45, 7) is 9.60. The molecule has 3 rings (SSSR count). The molecule has 0 aliphatic carbocycles. The average molecular weight is 541 g/mol. The summed E-state index contributed by atoms with van der Waals surface area (Å²) in [5.41, 5.74) is -0.190. The maximum atomic E-state index is 12.6. The monoisotopic (exact) mass is 540 g/mol. The minimum atomic E-state index is -3.16. The maximum absolute atomic E-state index is 12.6. The molecular formula is C29H37ClN2O4Si. The van der Waals surface area contributed by atoms with Crippen molar-refractivity contribution in [2.75, 3.05) is 0 Å². The number of hydrogen-bond acceptors (Lipinski definition) is 5. The fourth-order valence-corrected chi connectivity index (χ4v) is 8.66. The Kier molecular flexibility index (Phi) is 9.05. The fourth-order valence-electron chi connectivity index (χ4n) is 4.71. The van der Waals surface area contributed by atoms with E-state index in [0.717, 1.165) is 10.4 Å². The van der Waals surface area contributed by atoms with Crippen molar-refractivity contribution in [1.29, 1.82) is 0 Å². The van der Waals surface area contributed by atoms with E-state index < -0.39 is 31.1 Å². The van der Waals surface area contributed by atoms with Crippen LogP contribution in [-0.4, -0.2) is 34.9 Å². The quantitative estimate of drug-likeness (QED) is 0.239. The van der Waals surface area contributed by atoms with Crippen molar-refractivity contribution >= 4 is 36.4 Å². The summed E-state index contributed by atoms with van der Waals surface area (Å²) in [7, 11) is -3.16. The van der Waals surface area contributed by atoms with Crippen LogP contribution in [0.2, 0.25) is 10.2 Å². The lowest BCUT2D eigenvalue weighted by molar-refractivity contribution is 0.0499. The van der Waals surface area contributed by atoms with Gasteiger partial charge in [0.25, 0.3) is 8.32 Å². The van der Waals surface area contributed by atoms with Gasteiger partial charge in [-0.3, -0.25) is 0 Å². The molecule has 0 radical (unpaired) electrons. The smallest absolute Gasteiger partial charge is 0.408 e. The number of hydrogen-bond donors (Lipinski definition) is 3. The number of alkyl carbamates (subject to hydrolysis) is 1. The zero-order valence-electron chi connectivity index (χ0n) is 22.2. The van der Waals surface area contributed by atoms with Crippen LogP contribution in [0.5, 0.6) is 5.75 Å². The van der Waals surface area contributed by atoms with Crippen molar-refractivity contribution in [2.24, 2.45) is 0 Å². The van der Waals surface area contributed by atoms with Crippen molar-refractivity contribution in [2.45, 2.75) is 70.6 Å². The second-order valence-corrected chi connectivity index (χ2v) is 15.2. The molecular weight excluding hydrogens is 504 g/mol. The summed E-state index contributed by atoms with van der Waals surface area (Å²) in [5.74, 6) is -0.163. The van der Waals surface area contributed by atoms with Crippen molar-refractivity contribution in [3.63, 3.8) is 0 Å². The Hall–Kier alpha value is -2.87. The molecule has 0 fully saturated rings. The van der Waals surface area contributed by atoms with Gasteiger partial charge in [-0.1, -0.05) is 92.5 Å². The summed E-state index contributed by atoms with van der Waals surface area (Å²) in [4.78, 5) is 29.0. The normalized spacial score (nSPS) is 13.2. The third-order valence-corrected chi connectivity index (χ3v) is 11.5. The first kappa shape index (κ1) is 28.7. The molecule has 0 bridgehead atoms. The molecule has 0 saturated carbocycles. The zero-order valence-corrected chi connectivity index (χ0v) is 23.9. The minimum Gasteiger partial charge on any atom is -0.504 e. The predicted molar refractivity (Wildman–Crippen MR) is 151 cm³/mol. The van der Waals surface area contributed by atoms with E-state index in [9.17, 15) is 14.7 Å². The number of carbonyl (C=O) groups excluding carboxylic acids is 1. The van der Waals surface area contributed by atoms with Crippen LogP contribution in [0.1, 0.15) is 65.5 Å². The molecule has 37 heavy (non-hydrogen) atoms. The maximum Gasteiger partial charge on any atom is 0.408 e. The van der Waals surface area contributed by atoms with Crippen molar-refractivity contribution < 1.29 is 19.4 Å². The summed E-state index contributed by atoms with van der Waals surface area (Å²) in [5, 5.41) is 14.9. The number of pyridine rings is 1. The zero-order chi connectivity index (χ0) is 27.3. The number of nitrogens with one attached hydrogen (secondary N) is 1. The highest BCUT2D eigenvalue weighted by Gasteiger charge is 2.49. The molecule has 6 nitrogen and oxygen atoms in total. The van der Waals surface area contributed by atoms with Gasteiger partial charge in [0.05, 0.1) is 6.04 Å². The Morgan fingerprint density at radius 1 is 1.00 bits per heavy atom. The van der Waals surface area contributed by atoms with Crippen molar-refractivity contribution in [1.82, 2.24) is 10.3 Å². The van der Waals surface area contributed by atoms with E-state index in [1.54, 1.807) is 26.8 Å².